The quantitative estimate of drug-likeness (QED) is 0.407. The summed E-state index contributed by atoms with van der Waals surface area (Å²) in [7, 11) is 0. The molecule has 0 aliphatic carbocycles. The van der Waals surface area contributed by atoms with E-state index in [2.05, 4.69) is 58.8 Å². The normalized spacial score (nSPS) is 12.8. The second-order valence-corrected chi connectivity index (χ2v) is 8.42. The first kappa shape index (κ1) is 22.4. The van der Waals surface area contributed by atoms with Crippen LogP contribution in [0.15, 0.2) is 85.3 Å². The Balaban J connectivity index is 1.46. The van der Waals surface area contributed by atoms with Crippen molar-refractivity contribution in [1.29, 1.82) is 0 Å². The number of carbonyl (C=O) groups is 1. The first-order chi connectivity index (χ1) is 16.0. The van der Waals surface area contributed by atoms with E-state index >= 15 is 0 Å². The van der Waals surface area contributed by atoms with E-state index in [9.17, 15) is 4.79 Å². The van der Waals surface area contributed by atoms with Gasteiger partial charge in [-0.3, -0.25) is 4.79 Å². The van der Waals surface area contributed by atoms with Crippen molar-refractivity contribution in [2.24, 2.45) is 0 Å². The molecule has 2 aromatic carbocycles. The first-order valence-corrected chi connectivity index (χ1v) is 11.1. The zero-order valence-corrected chi connectivity index (χ0v) is 19.2. The summed E-state index contributed by atoms with van der Waals surface area (Å²) >= 11 is 0. The summed E-state index contributed by atoms with van der Waals surface area (Å²) in [5.74, 6) is 0.619. The fourth-order valence-electron chi connectivity index (χ4n) is 3.66. The van der Waals surface area contributed by atoms with Crippen LogP contribution in [-0.4, -0.2) is 27.2 Å². The molecule has 1 amide bonds. The summed E-state index contributed by atoms with van der Waals surface area (Å²) in [6, 6.07) is 21.5. The number of anilines is 1. The Morgan fingerprint density at radius 2 is 1.67 bits per heavy atom. The minimum absolute atomic E-state index is 0.146. The predicted molar refractivity (Wildman–Crippen MR) is 132 cm³/mol. The predicted octanol–water partition coefficient (Wildman–Crippen LogP) is 4.96. The van der Waals surface area contributed by atoms with Gasteiger partial charge in [0, 0.05) is 12.7 Å². The van der Waals surface area contributed by atoms with Crippen molar-refractivity contribution < 1.29 is 4.79 Å². The summed E-state index contributed by atoms with van der Waals surface area (Å²) in [6.07, 6.45) is 5.43. The summed E-state index contributed by atoms with van der Waals surface area (Å²) in [6.45, 7) is 6.90. The smallest absolute Gasteiger partial charge is 0.247 e. The molecule has 0 fully saturated rings. The topological polar surface area (TPSA) is 71.8 Å². The largest absolute Gasteiger partial charge is 0.309 e. The lowest BCUT2D eigenvalue weighted by atomic mass is 9.98. The van der Waals surface area contributed by atoms with E-state index in [4.69, 9.17) is 0 Å². The summed E-state index contributed by atoms with van der Waals surface area (Å²) < 4.78 is 1.76. The monoisotopic (exact) mass is 439 g/mol. The Bertz CT molecular complexity index is 1180. The third-order valence-corrected chi connectivity index (χ3v) is 5.65. The van der Waals surface area contributed by atoms with Gasteiger partial charge in [-0.05, 0) is 48.6 Å². The molecule has 33 heavy (non-hydrogen) atoms. The van der Waals surface area contributed by atoms with E-state index in [1.54, 1.807) is 23.1 Å². The van der Waals surface area contributed by atoms with Crippen molar-refractivity contribution in [3.63, 3.8) is 0 Å². The highest BCUT2D eigenvalue weighted by atomic mass is 16.2. The van der Waals surface area contributed by atoms with Gasteiger partial charge in [-0.2, -0.15) is 5.10 Å². The zero-order valence-electron chi connectivity index (χ0n) is 19.2. The molecule has 168 valence electrons. The molecule has 0 aliphatic heterocycles. The van der Waals surface area contributed by atoms with E-state index in [-0.39, 0.29) is 11.8 Å². The number of pyridine rings is 1. The van der Waals surface area contributed by atoms with Gasteiger partial charge in [0.05, 0.1) is 18.1 Å². The summed E-state index contributed by atoms with van der Waals surface area (Å²) in [4.78, 5) is 17.6. The van der Waals surface area contributed by atoms with Crippen LogP contribution in [0, 0.1) is 13.8 Å². The molecular weight excluding hydrogens is 410 g/mol. The van der Waals surface area contributed by atoms with Crippen LogP contribution in [0.5, 0.6) is 0 Å². The van der Waals surface area contributed by atoms with Crippen LogP contribution >= 0.6 is 0 Å². The number of aromatic nitrogens is 3. The molecular formula is C27H29N5O. The van der Waals surface area contributed by atoms with Crippen molar-refractivity contribution in [3.05, 3.63) is 108 Å². The van der Waals surface area contributed by atoms with Gasteiger partial charge in [0.25, 0.3) is 0 Å². The molecule has 6 heteroatoms. The maximum atomic E-state index is 13.2. The summed E-state index contributed by atoms with van der Waals surface area (Å²) in [5, 5.41) is 10.7. The second-order valence-electron chi connectivity index (χ2n) is 8.42. The number of rotatable bonds is 8. The molecule has 0 saturated carbocycles. The average Bonchev–Trinajstić information content (AvgIpc) is 3.27. The van der Waals surface area contributed by atoms with Crippen LogP contribution in [0.4, 0.5) is 5.82 Å². The molecule has 0 unspecified atom stereocenters. The maximum Gasteiger partial charge on any atom is 0.247 e. The van der Waals surface area contributed by atoms with E-state index in [0.29, 0.717) is 12.4 Å². The molecule has 0 saturated heterocycles. The number of aryl methyl sites for hydroxylation is 2. The number of carbonyl (C=O) groups excluding carboxylic acids is 1. The Morgan fingerprint density at radius 3 is 2.30 bits per heavy atom. The standard InChI is InChI=1S/C27H29N5O/c1-19-9-11-22(12-10-19)21(3)16-29-26(23-7-5-4-6-8-23)27(33)31-25-14-13-24(17-28-25)32-18-20(2)15-30-32/h4-15,17-18,21,26,29H,16H2,1-3H3,(H,28,31,33)/t21-,26+/m1/s1. The van der Waals surface area contributed by atoms with Crippen LogP contribution in [0.2, 0.25) is 0 Å². The molecule has 0 radical (unpaired) electrons. The minimum Gasteiger partial charge on any atom is -0.309 e. The van der Waals surface area contributed by atoms with Gasteiger partial charge in [-0.1, -0.05) is 67.1 Å². The van der Waals surface area contributed by atoms with E-state index in [0.717, 1.165) is 16.8 Å². The number of hydrogen-bond acceptors (Lipinski definition) is 4. The van der Waals surface area contributed by atoms with Gasteiger partial charge in [0.15, 0.2) is 0 Å². The molecule has 0 spiro atoms. The van der Waals surface area contributed by atoms with Gasteiger partial charge in [-0.25, -0.2) is 9.67 Å². The molecule has 4 aromatic rings. The maximum absolute atomic E-state index is 13.2. The third-order valence-electron chi connectivity index (χ3n) is 5.65. The van der Waals surface area contributed by atoms with Gasteiger partial charge < -0.3 is 10.6 Å². The molecule has 6 nitrogen and oxygen atoms in total. The molecule has 2 atom stereocenters. The first-order valence-electron chi connectivity index (χ1n) is 11.1. The lowest BCUT2D eigenvalue weighted by Crippen LogP contribution is -2.35. The minimum atomic E-state index is -0.491. The molecule has 0 bridgehead atoms. The molecule has 2 aromatic heterocycles. The van der Waals surface area contributed by atoms with Gasteiger partial charge >= 0.3 is 0 Å². The molecule has 4 rings (SSSR count). The fraction of sp³-hybridized carbons (Fsp3) is 0.222. The number of hydrogen-bond donors (Lipinski definition) is 2. The van der Waals surface area contributed by atoms with Crippen LogP contribution in [-0.2, 0) is 4.79 Å². The number of nitrogens with zero attached hydrogens (tertiary/aromatic N) is 3. The molecule has 2 heterocycles. The van der Waals surface area contributed by atoms with Crippen molar-refractivity contribution >= 4 is 11.7 Å². The van der Waals surface area contributed by atoms with E-state index in [1.165, 1.54) is 11.1 Å². The average molecular weight is 440 g/mol. The fourth-order valence-corrected chi connectivity index (χ4v) is 3.66. The van der Waals surface area contributed by atoms with Crippen molar-refractivity contribution in [1.82, 2.24) is 20.1 Å². The van der Waals surface area contributed by atoms with E-state index in [1.807, 2.05) is 49.5 Å². The number of benzene rings is 2. The number of nitrogens with one attached hydrogen (secondary N) is 2. The van der Waals surface area contributed by atoms with Crippen molar-refractivity contribution in [2.75, 3.05) is 11.9 Å². The lowest BCUT2D eigenvalue weighted by molar-refractivity contribution is -0.118. The second kappa shape index (κ2) is 10.2. The highest BCUT2D eigenvalue weighted by Gasteiger charge is 2.21. The lowest BCUT2D eigenvalue weighted by Gasteiger charge is -2.21. The highest BCUT2D eigenvalue weighted by molar-refractivity contribution is 5.94. The van der Waals surface area contributed by atoms with Crippen LogP contribution in [0.1, 0.15) is 41.1 Å². The van der Waals surface area contributed by atoms with Crippen LogP contribution in [0.3, 0.4) is 0 Å². The molecule has 2 N–H and O–H groups in total. The Labute approximate surface area is 194 Å². The van der Waals surface area contributed by atoms with Crippen LogP contribution < -0.4 is 10.6 Å². The van der Waals surface area contributed by atoms with Gasteiger partial charge in [-0.15, -0.1) is 0 Å². The molecule has 0 aliphatic rings. The Kier molecular flexibility index (Phi) is 6.95. The SMILES string of the molecule is Cc1ccc([C@H](C)CN[C@H](C(=O)Nc2ccc(-n3cc(C)cn3)cn2)c2ccccc2)cc1. The Hall–Kier alpha value is -3.77. The van der Waals surface area contributed by atoms with Gasteiger partial charge in [0.1, 0.15) is 11.9 Å². The Morgan fingerprint density at radius 1 is 0.909 bits per heavy atom. The van der Waals surface area contributed by atoms with Gasteiger partial charge in [0.2, 0.25) is 5.91 Å². The number of amides is 1. The zero-order chi connectivity index (χ0) is 23.2. The highest BCUT2D eigenvalue weighted by Crippen LogP contribution is 2.20. The summed E-state index contributed by atoms with van der Waals surface area (Å²) in [5.41, 5.74) is 5.30. The third kappa shape index (κ3) is 5.73. The van der Waals surface area contributed by atoms with Crippen molar-refractivity contribution in [3.8, 4) is 5.69 Å². The van der Waals surface area contributed by atoms with Crippen LogP contribution in [0.25, 0.3) is 5.69 Å². The van der Waals surface area contributed by atoms with E-state index < -0.39 is 6.04 Å². The van der Waals surface area contributed by atoms with Crippen molar-refractivity contribution in [2.45, 2.75) is 32.7 Å².